The van der Waals surface area contributed by atoms with Crippen molar-refractivity contribution in [3.05, 3.63) is 47.5 Å². The molecule has 2 rings (SSSR count). The molecule has 0 N–H and O–H groups in total. The number of halogens is 1. The number of hydrogen-bond acceptors (Lipinski definition) is 2. The van der Waals surface area contributed by atoms with Crippen molar-refractivity contribution in [1.29, 1.82) is 0 Å². The zero-order valence-corrected chi connectivity index (χ0v) is 11.0. The molecule has 1 heterocycles. The largest absolute Gasteiger partial charge is 0.245 e. The summed E-state index contributed by atoms with van der Waals surface area (Å²) in [5, 5.41) is 5.00. The molecule has 2 aromatic rings. The minimum atomic E-state index is 0.0571. The Bertz CT molecular complexity index is 468. The quantitative estimate of drug-likeness (QED) is 0.815. The maximum absolute atomic E-state index is 5.92. The van der Waals surface area contributed by atoms with Gasteiger partial charge in [0.05, 0.1) is 6.04 Å². The summed E-state index contributed by atoms with van der Waals surface area (Å²) < 4.78 is 1.89. The topological polar surface area (TPSA) is 30.7 Å². The second-order valence-corrected chi connectivity index (χ2v) is 5.63. The molecule has 0 radical (unpaired) electrons. The van der Waals surface area contributed by atoms with Crippen LogP contribution in [0.5, 0.6) is 0 Å². The molecule has 1 aromatic carbocycles. The number of rotatable bonds is 2. The zero-order chi connectivity index (χ0) is 12.5. The first-order valence-corrected chi connectivity index (χ1v) is 5.96. The maximum Gasteiger partial charge on any atom is 0.137 e. The summed E-state index contributed by atoms with van der Waals surface area (Å²) in [5.41, 5.74) is 1.24. The third kappa shape index (κ3) is 2.67. The van der Waals surface area contributed by atoms with E-state index in [2.05, 4.69) is 30.9 Å². The van der Waals surface area contributed by atoms with Crippen molar-refractivity contribution in [3.63, 3.8) is 0 Å². The van der Waals surface area contributed by atoms with E-state index in [9.17, 15) is 0 Å². The Balaban J connectivity index is 2.45. The smallest absolute Gasteiger partial charge is 0.137 e. The SMILES string of the molecule is CC(C)(C)C(c1ccc(Cl)cc1)n1cncn1. The molecular formula is C13H16ClN3. The van der Waals surface area contributed by atoms with Crippen molar-refractivity contribution < 1.29 is 0 Å². The van der Waals surface area contributed by atoms with E-state index in [0.29, 0.717) is 0 Å². The van der Waals surface area contributed by atoms with E-state index in [1.807, 2.05) is 28.9 Å². The van der Waals surface area contributed by atoms with Crippen molar-refractivity contribution in [3.8, 4) is 0 Å². The molecule has 90 valence electrons. The normalized spacial score (nSPS) is 13.6. The van der Waals surface area contributed by atoms with E-state index < -0.39 is 0 Å². The minimum absolute atomic E-state index is 0.0571. The predicted molar refractivity (Wildman–Crippen MR) is 69.1 cm³/mol. The predicted octanol–water partition coefficient (Wildman–Crippen LogP) is 3.57. The maximum atomic E-state index is 5.92. The van der Waals surface area contributed by atoms with Crippen LogP contribution in [0.1, 0.15) is 32.4 Å². The van der Waals surface area contributed by atoms with Gasteiger partial charge in [-0.25, -0.2) is 9.67 Å². The van der Waals surface area contributed by atoms with E-state index in [-0.39, 0.29) is 11.5 Å². The number of aromatic nitrogens is 3. The van der Waals surface area contributed by atoms with Gasteiger partial charge in [-0.1, -0.05) is 44.5 Å². The van der Waals surface area contributed by atoms with Crippen LogP contribution in [0.15, 0.2) is 36.9 Å². The van der Waals surface area contributed by atoms with Gasteiger partial charge in [0.25, 0.3) is 0 Å². The van der Waals surface area contributed by atoms with Crippen LogP contribution in [-0.2, 0) is 0 Å². The molecule has 0 saturated heterocycles. The van der Waals surface area contributed by atoms with Crippen molar-refractivity contribution in [2.75, 3.05) is 0 Å². The number of nitrogens with zero attached hydrogens (tertiary/aromatic N) is 3. The Kier molecular flexibility index (Phi) is 3.20. The van der Waals surface area contributed by atoms with E-state index in [1.54, 1.807) is 12.7 Å². The molecule has 3 nitrogen and oxygen atoms in total. The van der Waals surface area contributed by atoms with Gasteiger partial charge < -0.3 is 0 Å². The molecule has 1 unspecified atom stereocenters. The highest BCUT2D eigenvalue weighted by molar-refractivity contribution is 6.30. The Morgan fingerprint density at radius 1 is 1.18 bits per heavy atom. The van der Waals surface area contributed by atoms with Crippen molar-refractivity contribution in [2.45, 2.75) is 26.8 Å². The fourth-order valence-corrected chi connectivity index (χ4v) is 2.17. The summed E-state index contributed by atoms with van der Waals surface area (Å²) in [6.07, 6.45) is 3.32. The average Bonchev–Trinajstić information content (AvgIpc) is 2.72. The Morgan fingerprint density at radius 3 is 2.29 bits per heavy atom. The van der Waals surface area contributed by atoms with Crippen molar-refractivity contribution in [1.82, 2.24) is 14.8 Å². The van der Waals surface area contributed by atoms with Crippen LogP contribution >= 0.6 is 11.6 Å². The molecular weight excluding hydrogens is 234 g/mol. The van der Waals surface area contributed by atoms with Crippen LogP contribution in [0.25, 0.3) is 0 Å². The molecule has 0 aliphatic heterocycles. The van der Waals surface area contributed by atoms with Crippen LogP contribution in [0.4, 0.5) is 0 Å². The fraction of sp³-hybridized carbons (Fsp3) is 0.385. The van der Waals surface area contributed by atoms with E-state index in [4.69, 9.17) is 11.6 Å². The summed E-state index contributed by atoms with van der Waals surface area (Å²) in [6.45, 7) is 6.57. The van der Waals surface area contributed by atoms with E-state index in [1.165, 1.54) is 5.56 Å². The summed E-state index contributed by atoms with van der Waals surface area (Å²) >= 11 is 5.92. The number of benzene rings is 1. The van der Waals surface area contributed by atoms with Gasteiger partial charge in [-0.2, -0.15) is 5.10 Å². The fourth-order valence-electron chi connectivity index (χ4n) is 2.05. The first-order valence-electron chi connectivity index (χ1n) is 5.58. The van der Waals surface area contributed by atoms with Crippen molar-refractivity contribution >= 4 is 11.6 Å². The number of hydrogen-bond donors (Lipinski definition) is 0. The van der Waals surface area contributed by atoms with Crippen LogP contribution < -0.4 is 0 Å². The minimum Gasteiger partial charge on any atom is -0.245 e. The second kappa shape index (κ2) is 4.49. The molecule has 0 fully saturated rings. The average molecular weight is 250 g/mol. The lowest BCUT2D eigenvalue weighted by Crippen LogP contribution is -2.25. The van der Waals surface area contributed by atoms with Gasteiger partial charge in [0.2, 0.25) is 0 Å². The molecule has 0 bridgehead atoms. The van der Waals surface area contributed by atoms with Crippen LogP contribution in [0, 0.1) is 5.41 Å². The lowest BCUT2D eigenvalue weighted by Gasteiger charge is -2.31. The Labute approximate surface area is 106 Å². The Hall–Kier alpha value is -1.35. The lowest BCUT2D eigenvalue weighted by molar-refractivity contribution is 0.265. The Morgan fingerprint density at radius 2 is 1.82 bits per heavy atom. The van der Waals surface area contributed by atoms with Gasteiger partial charge in [-0.3, -0.25) is 0 Å². The first-order chi connectivity index (χ1) is 7.98. The first kappa shape index (κ1) is 12.1. The summed E-state index contributed by atoms with van der Waals surface area (Å²) in [7, 11) is 0. The van der Waals surface area contributed by atoms with Crippen molar-refractivity contribution in [2.24, 2.45) is 5.41 Å². The summed E-state index contributed by atoms with van der Waals surface area (Å²) in [6, 6.07) is 8.06. The van der Waals surface area contributed by atoms with Gasteiger partial charge in [0.15, 0.2) is 0 Å². The van der Waals surface area contributed by atoms with Gasteiger partial charge in [-0.05, 0) is 23.1 Å². The molecule has 0 aliphatic rings. The van der Waals surface area contributed by atoms with Gasteiger partial charge >= 0.3 is 0 Å². The molecule has 0 aliphatic carbocycles. The second-order valence-electron chi connectivity index (χ2n) is 5.20. The monoisotopic (exact) mass is 249 g/mol. The molecule has 0 amide bonds. The lowest BCUT2D eigenvalue weighted by atomic mass is 9.82. The molecule has 0 spiro atoms. The highest BCUT2D eigenvalue weighted by Gasteiger charge is 2.28. The van der Waals surface area contributed by atoms with Crippen LogP contribution in [0.3, 0.4) is 0 Å². The summed E-state index contributed by atoms with van der Waals surface area (Å²) in [4.78, 5) is 4.03. The molecule has 4 heteroatoms. The highest BCUT2D eigenvalue weighted by atomic mass is 35.5. The van der Waals surface area contributed by atoms with E-state index in [0.717, 1.165) is 5.02 Å². The molecule has 1 atom stereocenters. The van der Waals surface area contributed by atoms with Gasteiger partial charge in [0.1, 0.15) is 12.7 Å². The highest BCUT2D eigenvalue weighted by Crippen LogP contribution is 2.35. The van der Waals surface area contributed by atoms with Gasteiger partial charge in [0, 0.05) is 5.02 Å². The molecule has 0 saturated carbocycles. The summed E-state index contributed by atoms with van der Waals surface area (Å²) in [5.74, 6) is 0. The zero-order valence-electron chi connectivity index (χ0n) is 10.3. The molecule has 17 heavy (non-hydrogen) atoms. The third-order valence-electron chi connectivity index (χ3n) is 2.71. The third-order valence-corrected chi connectivity index (χ3v) is 2.96. The van der Waals surface area contributed by atoms with Crippen LogP contribution in [0.2, 0.25) is 5.02 Å². The standard InChI is InChI=1S/C13H16ClN3/c1-13(2,3)12(17-9-15-8-16-17)10-4-6-11(14)7-5-10/h4-9,12H,1-3H3. The van der Waals surface area contributed by atoms with Crippen LogP contribution in [-0.4, -0.2) is 14.8 Å². The molecule has 1 aromatic heterocycles. The van der Waals surface area contributed by atoms with Gasteiger partial charge in [-0.15, -0.1) is 0 Å². The van der Waals surface area contributed by atoms with E-state index >= 15 is 0 Å².